The lowest BCUT2D eigenvalue weighted by molar-refractivity contribution is 0.888. The molecule has 0 spiro atoms. The highest BCUT2D eigenvalue weighted by Crippen LogP contribution is 2.32. The SMILES string of the molecule is CC(Nc1cccnc1N1CCCC1)c1cc(Br)cs1. The number of hydrogen-bond donors (Lipinski definition) is 1. The highest BCUT2D eigenvalue weighted by Gasteiger charge is 2.18. The number of nitrogens with one attached hydrogen (secondary N) is 1. The van der Waals surface area contributed by atoms with Crippen molar-refractivity contribution in [3.05, 3.63) is 39.1 Å². The molecule has 3 rings (SSSR count). The van der Waals surface area contributed by atoms with E-state index in [1.165, 1.54) is 17.7 Å². The minimum atomic E-state index is 0.289. The Bertz CT molecular complexity index is 578. The van der Waals surface area contributed by atoms with Crippen LogP contribution in [0, 0.1) is 0 Å². The molecule has 0 amide bonds. The van der Waals surface area contributed by atoms with Crippen LogP contribution in [0.15, 0.2) is 34.2 Å². The van der Waals surface area contributed by atoms with Gasteiger partial charge in [0.25, 0.3) is 0 Å². The van der Waals surface area contributed by atoms with Crippen molar-refractivity contribution >= 4 is 38.8 Å². The molecule has 0 aliphatic carbocycles. The number of hydrogen-bond acceptors (Lipinski definition) is 4. The van der Waals surface area contributed by atoms with E-state index in [0.29, 0.717) is 0 Å². The van der Waals surface area contributed by atoms with E-state index in [4.69, 9.17) is 0 Å². The first-order valence-electron chi connectivity index (χ1n) is 6.94. The number of aromatic nitrogens is 1. The molecule has 1 fully saturated rings. The summed E-state index contributed by atoms with van der Waals surface area (Å²) >= 11 is 5.29. The summed E-state index contributed by atoms with van der Waals surface area (Å²) in [5, 5.41) is 5.73. The summed E-state index contributed by atoms with van der Waals surface area (Å²) < 4.78 is 1.15. The van der Waals surface area contributed by atoms with E-state index < -0.39 is 0 Å². The summed E-state index contributed by atoms with van der Waals surface area (Å²) in [6.45, 7) is 4.42. The van der Waals surface area contributed by atoms with E-state index in [1.54, 1.807) is 11.3 Å². The van der Waals surface area contributed by atoms with Gasteiger partial charge in [0.05, 0.1) is 11.7 Å². The fraction of sp³-hybridized carbons (Fsp3) is 0.400. The van der Waals surface area contributed by atoms with Crippen molar-refractivity contribution in [2.24, 2.45) is 0 Å². The van der Waals surface area contributed by atoms with Gasteiger partial charge in [-0.3, -0.25) is 0 Å². The van der Waals surface area contributed by atoms with E-state index >= 15 is 0 Å². The molecule has 20 heavy (non-hydrogen) atoms. The molecule has 0 aromatic carbocycles. The molecule has 0 radical (unpaired) electrons. The molecule has 3 heterocycles. The van der Waals surface area contributed by atoms with Crippen molar-refractivity contribution in [2.45, 2.75) is 25.8 Å². The van der Waals surface area contributed by atoms with Gasteiger partial charge >= 0.3 is 0 Å². The molecule has 1 atom stereocenters. The number of thiophene rings is 1. The van der Waals surface area contributed by atoms with Gasteiger partial charge in [-0.2, -0.15) is 0 Å². The number of rotatable bonds is 4. The third-order valence-electron chi connectivity index (χ3n) is 3.58. The number of anilines is 2. The van der Waals surface area contributed by atoms with Crippen LogP contribution in [-0.2, 0) is 0 Å². The maximum Gasteiger partial charge on any atom is 0.151 e. The lowest BCUT2D eigenvalue weighted by Crippen LogP contribution is -2.21. The van der Waals surface area contributed by atoms with Gasteiger partial charge in [-0.05, 0) is 53.9 Å². The molecule has 0 saturated carbocycles. The molecule has 1 saturated heterocycles. The van der Waals surface area contributed by atoms with Crippen LogP contribution in [0.1, 0.15) is 30.7 Å². The molecule has 1 unspecified atom stereocenters. The Morgan fingerprint density at radius 2 is 2.20 bits per heavy atom. The van der Waals surface area contributed by atoms with E-state index in [2.05, 4.69) is 55.6 Å². The fourth-order valence-corrected chi connectivity index (χ4v) is 4.00. The maximum atomic E-state index is 4.57. The first-order valence-corrected chi connectivity index (χ1v) is 8.62. The molecular formula is C15H18BrN3S. The normalized spacial score (nSPS) is 16.4. The molecule has 1 N–H and O–H groups in total. The van der Waals surface area contributed by atoms with Crippen LogP contribution < -0.4 is 10.2 Å². The minimum Gasteiger partial charge on any atom is -0.375 e. The Balaban J connectivity index is 1.79. The van der Waals surface area contributed by atoms with Crippen LogP contribution in [0.2, 0.25) is 0 Å². The van der Waals surface area contributed by atoms with Crippen molar-refractivity contribution in [2.75, 3.05) is 23.3 Å². The summed E-state index contributed by atoms with van der Waals surface area (Å²) in [7, 11) is 0. The van der Waals surface area contributed by atoms with Crippen molar-refractivity contribution < 1.29 is 0 Å². The molecule has 1 aliphatic heterocycles. The predicted molar refractivity (Wildman–Crippen MR) is 89.7 cm³/mol. The first-order chi connectivity index (χ1) is 9.74. The highest BCUT2D eigenvalue weighted by molar-refractivity contribution is 9.10. The maximum absolute atomic E-state index is 4.57. The van der Waals surface area contributed by atoms with Gasteiger partial charge in [0, 0.05) is 34.0 Å². The largest absolute Gasteiger partial charge is 0.375 e. The van der Waals surface area contributed by atoms with E-state index in [-0.39, 0.29) is 6.04 Å². The Morgan fingerprint density at radius 1 is 1.40 bits per heavy atom. The van der Waals surface area contributed by atoms with Crippen LogP contribution in [0.25, 0.3) is 0 Å². The minimum absolute atomic E-state index is 0.289. The molecule has 2 aromatic rings. The molecule has 0 bridgehead atoms. The smallest absolute Gasteiger partial charge is 0.151 e. The van der Waals surface area contributed by atoms with Gasteiger partial charge in [-0.15, -0.1) is 11.3 Å². The second-order valence-electron chi connectivity index (χ2n) is 5.10. The van der Waals surface area contributed by atoms with Crippen LogP contribution in [0.3, 0.4) is 0 Å². The van der Waals surface area contributed by atoms with Crippen LogP contribution in [0.5, 0.6) is 0 Å². The lowest BCUT2D eigenvalue weighted by Gasteiger charge is -2.22. The molecule has 5 heteroatoms. The average molecular weight is 352 g/mol. The summed E-state index contributed by atoms with van der Waals surface area (Å²) in [4.78, 5) is 8.27. The van der Waals surface area contributed by atoms with E-state index in [9.17, 15) is 0 Å². The Hall–Kier alpha value is -1.07. The Kier molecular flexibility index (Phi) is 4.27. The van der Waals surface area contributed by atoms with Gasteiger partial charge in [-0.1, -0.05) is 0 Å². The Labute approximate surface area is 132 Å². The molecular weight excluding hydrogens is 334 g/mol. The van der Waals surface area contributed by atoms with Gasteiger partial charge in [0.15, 0.2) is 5.82 Å². The van der Waals surface area contributed by atoms with E-state index in [0.717, 1.165) is 29.1 Å². The van der Waals surface area contributed by atoms with Crippen molar-refractivity contribution in [1.29, 1.82) is 0 Å². The second kappa shape index (κ2) is 6.14. The van der Waals surface area contributed by atoms with Crippen molar-refractivity contribution in [3.8, 4) is 0 Å². The standard InChI is InChI=1S/C15H18BrN3S/c1-11(14-9-12(16)10-20-14)18-13-5-4-6-17-15(13)19-7-2-3-8-19/h4-6,9-11,18H,2-3,7-8H2,1H3. The molecule has 106 valence electrons. The van der Waals surface area contributed by atoms with Crippen molar-refractivity contribution in [1.82, 2.24) is 4.98 Å². The third kappa shape index (κ3) is 2.99. The zero-order valence-corrected chi connectivity index (χ0v) is 13.9. The topological polar surface area (TPSA) is 28.2 Å². The monoisotopic (exact) mass is 351 g/mol. The highest BCUT2D eigenvalue weighted by atomic mass is 79.9. The fourth-order valence-electron chi connectivity index (χ4n) is 2.55. The third-order valence-corrected chi connectivity index (χ3v) is 5.46. The van der Waals surface area contributed by atoms with Crippen LogP contribution in [-0.4, -0.2) is 18.1 Å². The second-order valence-corrected chi connectivity index (χ2v) is 6.96. The van der Waals surface area contributed by atoms with Crippen molar-refractivity contribution in [3.63, 3.8) is 0 Å². The molecule has 3 nitrogen and oxygen atoms in total. The van der Waals surface area contributed by atoms with Crippen LogP contribution in [0.4, 0.5) is 11.5 Å². The van der Waals surface area contributed by atoms with Gasteiger partial charge in [-0.25, -0.2) is 4.98 Å². The number of nitrogens with zero attached hydrogens (tertiary/aromatic N) is 2. The van der Waals surface area contributed by atoms with Gasteiger partial charge in [0.2, 0.25) is 0 Å². The number of pyridine rings is 1. The lowest BCUT2D eigenvalue weighted by atomic mass is 10.2. The zero-order chi connectivity index (χ0) is 13.9. The zero-order valence-electron chi connectivity index (χ0n) is 11.5. The van der Waals surface area contributed by atoms with Crippen LogP contribution >= 0.6 is 27.3 Å². The van der Waals surface area contributed by atoms with Gasteiger partial charge < -0.3 is 10.2 Å². The molecule has 1 aliphatic rings. The summed E-state index contributed by atoms with van der Waals surface area (Å²) in [6, 6.07) is 6.59. The average Bonchev–Trinajstić information content (AvgIpc) is 3.10. The summed E-state index contributed by atoms with van der Waals surface area (Å²) in [5.74, 6) is 1.09. The van der Waals surface area contributed by atoms with E-state index in [1.807, 2.05) is 12.3 Å². The number of halogens is 1. The van der Waals surface area contributed by atoms with Gasteiger partial charge in [0.1, 0.15) is 0 Å². The quantitative estimate of drug-likeness (QED) is 0.866. The first kappa shape index (κ1) is 13.9. The predicted octanol–water partition coefficient (Wildman–Crippen LogP) is 4.68. The summed E-state index contributed by atoms with van der Waals surface area (Å²) in [5.41, 5.74) is 1.13. The molecule has 2 aromatic heterocycles. The summed E-state index contributed by atoms with van der Waals surface area (Å²) in [6.07, 6.45) is 4.41. The Morgan fingerprint density at radius 3 is 2.90 bits per heavy atom.